The first-order valence-corrected chi connectivity index (χ1v) is 13.3. The van der Waals surface area contributed by atoms with Crippen molar-refractivity contribution >= 4 is 28.8 Å². The molecular weight excluding hydrogens is 516 g/mol. The van der Waals surface area contributed by atoms with Crippen molar-refractivity contribution in [3.63, 3.8) is 0 Å². The van der Waals surface area contributed by atoms with Gasteiger partial charge in [0.2, 0.25) is 0 Å². The monoisotopic (exact) mass is 554 g/mol. The van der Waals surface area contributed by atoms with Crippen molar-refractivity contribution in [3.8, 4) is 0 Å². The zero-order valence-electron chi connectivity index (χ0n) is 22.8. The minimum Gasteiger partial charge on any atom is -0.481 e. The summed E-state index contributed by atoms with van der Waals surface area (Å²) in [7, 11) is 4.43. The van der Waals surface area contributed by atoms with E-state index >= 15 is 0 Å². The van der Waals surface area contributed by atoms with Crippen LogP contribution in [0.1, 0.15) is 61.3 Å². The molecule has 0 spiro atoms. The number of aliphatic hydroxyl groups is 2. The lowest BCUT2D eigenvalue weighted by molar-refractivity contribution is -0.170. The highest BCUT2D eigenvalue weighted by Gasteiger charge is 2.41. The number of rotatable bonds is 10. The third-order valence-electron chi connectivity index (χ3n) is 7.88. The van der Waals surface area contributed by atoms with E-state index in [2.05, 4.69) is 78.6 Å². The number of nitrogens with one attached hydrogen (secondary N) is 1. The fourth-order valence-corrected chi connectivity index (χ4v) is 5.79. The maximum Gasteiger partial charge on any atom is 0.336 e. The molecule has 10 heteroatoms. The largest absolute Gasteiger partial charge is 0.481 e. The number of carbonyl (C=O) groups is 3. The van der Waals surface area contributed by atoms with Crippen molar-refractivity contribution in [3.05, 3.63) is 71.4 Å². The van der Waals surface area contributed by atoms with Crippen LogP contribution in [0.4, 0.5) is 0 Å². The van der Waals surface area contributed by atoms with Crippen molar-refractivity contribution in [2.24, 2.45) is 0 Å². The number of nitrogens with zero attached hydrogens (tertiary/aromatic N) is 1. The Morgan fingerprint density at radius 2 is 1.48 bits per heavy atom. The van der Waals surface area contributed by atoms with Gasteiger partial charge in [0.1, 0.15) is 0 Å². The average Bonchev–Trinajstić information content (AvgIpc) is 3.27. The van der Waals surface area contributed by atoms with Crippen LogP contribution in [0.2, 0.25) is 0 Å². The maximum absolute atomic E-state index is 10.3. The Balaban J connectivity index is 0.000000289. The predicted octanol–water partition coefficient (Wildman–Crippen LogP) is 3.57. The number of hydrogen-bond acceptors (Lipinski definition) is 6. The second-order valence-corrected chi connectivity index (χ2v) is 10.6. The van der Waals surface area contributed by atoms with Crippen LogP contribution in [0.3, 0.4) is 0 Å². The lowest BCUT2D eigenvalue weighted by atomic mass is 9.70. The van der Waals surface area contributed by atoms with Crippen molar-refractivity contribution < 1.29 is 39.9 Å². The molecule has 6 N–H and O–H groups in total. The minimum absolute atomic E-state index is 0.126. The van der Waals surface area contributed by atoms with E-state index in [4.69, 9.17) is 20.4 Å². The van der Waals surface area contributed by atoms with E-state index in [1.165, 1.54) is 40.6 Å². The standard InChI is InChI=1S/C24H30N2O.C6H8O7/c1-26(2)24(19-8-4-3-5-9-19)15-12-18(13-16-24)23-21(14-17-27)20-10-6-7-11-22(20)25-23;7-3(8)1-6(13,5(11)12)2-4(9)10/h3-11,18,25,27H,12-17H2,1-2H3;13H,1-2H2,(H,7,8)(H,9,10)(H,11,12). The molecule has 1 aliphatic carbocycles. The van der Waals surface area contributed by atoms with Crippen molar-refractivity contribution in [2.45, 2.75) is 62.0 Å². The van der Waals surface area contributed by atoms with E-state index in [9.17, 15) is 19.5 Å². The molecule has 216 valence electrons. The van der Waals surface area contributed by atoms with Gasteiger partial charge >= 0.3 is 17.9 Å². The highest BCUT2D eigenvalue weighted by atomic mass is 16.4. The van der Waals surface area contributed by atoms with Gasteiger partial charge in [-0.3, -0.25) is 14.5 Å². The van der Waals surface area contributed by atoms with Gasteiger partial charge in [-0.1, -0.05) is 48.5 Å². The number of hydrogen-bond donors (Lipinski definition) is 6. The highest BCUT2D eigenvalue weighted by Crippen LogP contribution is 2.47. The van der Waals surface area contributed by atoms with E-state index in [1.807, 2.05) is 0 Å². The third-order valence-corrected chi connectivity index (χ3v) is 7.88. The van der Waals surface area contributed by atoms with E-state index in [0.717, 1.165) is 19.3 Å². The molecule has 1 heterocycles. The summed E-state index contributed by atoms with van der Waals surface area (Å²) in [6.07, 6.45) is 3.08. The summed E-state index contributed by atoms with van der Waals surface area (Å²) in [5.41, 5.74) is 2.68. The summed E-state index contributed by atoms with van der Waals surface area (Å²) in [5, 5.41) is 44.7. The lowest BCUT2D eigenvalue weighted by Gasteiger charge is -2.45. The SMILES string of the molecule is CN(C)C1(c2ccccc2)CCC(c2[nH]c3ccccc3c2CCO)CC1.O=C(O)CC(O)(CC(=O)O)C(=O)O. The molecule has 0 radical (unpaired) electrons. The molecule has 0 aliphatic heterocycles. The first kappa shape index (κ1) is 30.8. The van der Waals surface area contributed by atoms with Gasteiger partial charge in [-0.05, 0) is 69.3 Å². The molecule has 3 aromatic rings. The van der Waals surface area contributed by atoms with Gasteiger partial charge < -0.3 is 30.5 Å². The quantitative estimate of drug-likeness (QED) is 0.219. The van der Waals surface area contributed by atoms with Gasteiger partial charge in [-0.25, -0.2) is 4.79 Å². The van der Waals surface area contributed by atoms with E-state index in [0.29, 0.717) is 5.92 Å². The number of carboxylic acid groups (broad SMARTS) is 3. The summed E-state index contributed by atoms with van der Waals surface area (Å²) in [6, 6.07) is 19.5. The summed E-state index contributed by atoms with van der Waals surface area (Å²) < 4.78 is 0. The Kier molecular flexibility index (Phi) is 10.1. The minimum atomic E-state index is -2.74. The lowest BCUT2D eigenvalue weighted by Crippen LogP contribution is -2.44. The van der Waals surface area contributed by atoms with Crippen LogP contribution >= 0.6 is 0 Å². The Morgan fingerprint density at radius 3 is 1.98 bits per heavy atom. The van der Waals surface area contributed by atoms with Crippen molar-refractivity contribution in [1.82, 2.24) is 9.88 Å². The Bertz CT molecular complexity index is 1290. The molecule has 2 aromatic carbocycles. The summed E-state index contributed by atoms with van der Waals surface area (Å²) in [6.45, 7) is 0.202. The molecule has 1 fully saturated rings. The molecule has 0 saturated heterocycles. The van der Waals surface area contributed by atoms with Gasteiger partial charge in [0.05, 0.1) is 12.8 Å². The first-order chi connectivity index (χ1) is 18.9. The molecule has 0 amide bonds. The van der Waals surface area contributed by atoms with Crippen LogP contribution in [0.25, 0.3) is 10.9 Å². The van der Waals surface area contributed by atoms with Gasteiger partial charge in [0.15, 0.2) is 5.60 Å². The molecule has 1 aromatic heterocycles. The summed E-state index contributed by atoms with van der Waals surface area (Å²) >= 11 is 0. The Hall–Kier alpha value is -3.73. The Morgan fingerprint density at radius 1 is 0.925 bits per heavy atom. The van der Waals surface area contributed by atoms with Gasteiger partial charge in [-0.2, -0.15) is 0 Å². The normalized spacial score (nSPS) is 19.2. The number of fused-ring (bicyclic) bond motifs is 1. The van der Waals surface area contributed by atoms with Crippen LogP contribution in [0, 0.1) is 0 Å². The fraction of sp³-hybridized carbons (Fsp3) is 0.433. The van der Waals surface area contributed by atoms with Crippen LogP contribution < -0.4 is 0 Å². The molecule has 1 aliphatic rings. The zero-order chi connectivity index (χ0) is 29.5. The van der Waals surface area contributed by atoms with E-state index < -0.39 is 36.4 Å². The number of aromatic amines is 1. The Labute approximate surface area is 232 Å². The molecule has 10 nitrogen and oxygen atoms in total. The number of benzene rings is 2. The highest BCUT2D eigenvalue weighted by molar-refractivity contribution is 5.88. The molecule has 40 heavy (non-hydrogen) atoms. The smallest absolute Gasteiger partial charge is 0.336 e. The second-order valence-electron chi connectivity index (χ2n) is 10.6. The number of carboxylic acids is 3. The van der Waals surface area contributed by atoms with Crippen molar-refractivity contribution in [2.75, 3.05) is 20.7 Å². The first-order valence-electron chi connectivity index (χ1n) is 13.3. The molecule has 0 bridgehead atoms. The second kappa shape index (κ2) is 13.1. The van der Waals surface area contributed by atoms with Crippen LogP contribution in [0.15, 0.2) is 54.6 Å². The van der Waals surface area contributed by atoms with E-state index in [-0.39, 0.29) is 12.1 Å². The van der Waals surface area contributed by atoms with E-state index in [1.54, 1.807) is 0 Å². The van der Waals surface area contributed by atoms with Gasteiger partial charge in [0.25, 0.3) is 0 Å². The topological polar surface area (TPSA) is 171 Å². The average molecular weight is 555 g/mol. The maximum atomic E-state index is 10.3. The third kappa shape index (κ3) is 6.88. The van der Waals surface area contributed by atoms with Crippen LogP contribution in [-0.4, -0.2) is 79.6 Å². The molecular formula is C30H38N2O8. The molecule has 1 saturated carbocycles. The number of H-pyrrole nitrogens is 1. The predicted molar refractivity (Wildman–Crippen MR) is 149 cm³/mol. The molecule has 4 rings (SSSR count). The van der Waals surface area contributed by atoms with Gasteiger partial charge in [0, 0.05) is 28.7 Å². The number of aromatic nitrogens is 1. The number of aliphatic carboxylic acids is 3. The van der Waals surface area contributed by atoms with Gasteiger partial charge in [-0.15, -0.1) is 0 Å². The summed E-state index contributed by atoms with van der Waals surface area (Å²) in [5.74, 6) is -4.48. The van der Waals surface area contributed by atoms with Crippen molar-refractivity contribution in [1.29, 1.82) is 0 Å². The molecule has 0 unspecified atom stereocenters. The number of aliphatic hydroxyl groups excluding tert-OH is 1. The number of para-hydroxylation sites is 1. The fourth-order valence-electron chi connectivity index (χ4n) is 5.79. The van der Waals surface area contributed by atoms with Crippen LogP contribution in [0.5, 0.6) is 0 Å². The molecule has 0 atom stereocenters. The zero-order valence-corrected chi connectivity index (χ0v) is 22.8. The van der Waals surface area contributed by atoms with Crippen LogP contribution in [-0.2, 0) is 26.3 Å². The summed E-state index contributed by atoms with van der Waals surface area (Å²) in [4.78, 5) is 36.6.